The first-order valence-electron chi connectivity index (χ1n) is 6.00. The fraction of sp³-hybridized carbons (Fsp3) is 0.0667. The Morgan fingerprint density at radius 3 is 2.48 bits per heavy atom. The Labute approximate surface area is 129 Å². The SMILES string of the molecule is COc1cc(O)c(/C=C/c2ccc([N+](=O)[O-])cc2)cc1Br. The maximum Gasteiger partial charge on any atom is 0.269 e. The molecule has 0 saturated carbocycles. The van der Waals surface area contributed by atoms with Crippen molar-refractivity contribution in [1.82, 2.24) is 0 Å². The molecular weight excluding hydrogens is 338 g/mol. The molecule has 0 atom stereocenters. The maximum absolute atomic E-state index is 10.6. The zero-order chi connectivity index (χ0) is 15.4. The summed E-state index contributed by atoms with van der Waals surface area (Å²) >= 11 is 3.35. The van der Waals surface area contributed by atoms with Crippen molar-refractivity contribution in [3.05, 3.63) is 62.1 Å². The van der Waals surface area contributed by atoms with Crippen LogP contribution in [-0.2, 0) is 0 Å². The summed E-state index contributed by atoms with van der Waals surface area (Å²) in [6, 6.07) is 9.40. The molecule has 0 radical (unpaired) electrons. The predicted molar refractivity (Wildman–Crippen MR) is 84.4 cm³/mol. The minimum Gasteiger partial charge on any atom is -0.507 e. The molecular formula is C15H12BrNO4. The van der Waals surface area contributed by atoms with Crippen molar-refractivity contribution in [1.29, 1.82) is 0 Å². The minimum atomic E-state index is -0.445. The third kappa shape index (κ3) is 3.61. The number of halogens is 1. The first-order chi connectivity index (χ1) is 10.0. The maximum atomic E-state index is 10.6. The lowest BCUT2D eigenvalue weighted by Crippen LogP contribution is -1.87. The number of ether oxygens (including phenoxy) is 1. The number of nitrogens with zero attached hydrogens (tertiary/aromatic N) is 1. The second-order valence-electron chi connectivity index (χ2n) is 4.23. The Kier molecular flexibility index (Phi) is 4.59. The van der Waals surface area contributed by atoms with Gasteiger partial charge in [-0.25, -0.2) is 0 Å². The lowest BCUT2D eigenvalue weighted by atomic mass is 10.1. The van der Waals surface area contributed by atoms with E-state index in [0.717, 1.165) is 10.0 Å². The van der Waals surface area contributed by atoms with Gasteiger partial charge in [0.2, 0.25) is 0 Å². The summed E-state index contributed by atoms with van der Waals surface area (Å²) < 4.78 is 5.81. The predicted octanol–water partition coefficient (Wildman–Crippen LogP) is 4.24. The molecule has 0 spiro atoms. The second-order valence-corrected chi connectivity index (χ2v) is 5.08. The van der Waals surface area contributed by atoms with Crippen LogP contribution in [-0.4, -0.2) is 17.1 Å². The molecule has 0 fully saturated rings. The van der Waals surface area contributed by atoms with Crippen LogP contribution in [0.5, 0.6) is 11.5 Å². The van der Waals surface area contributed by atoms with Gasteiger partial charge in [0.05, 0.1) is 16.5 Å². The number of phenols is 1. The van der Waals surface area contributed by atoms with E-state index in [1.807, 2.05) is 0 Å². The highest BCUT2D eigenvalue weighted by molar-refractivity contribution is 9.10. The van der Waals surface area contributed by atoms with Crippen LogP contribution in [0.3, 0.4) is 0 Å². The normalized spacial score (nSPS) is 10.8. The summed E-state index contributed by atoms with van der Waals surface area (Å²) in [6.45, 7) is 0. The van der Waals surface area contributed by atoms with E-state index < -0.39 is 4.92 Å². The summed E-state index contributed by atoms with van der Waals surface area (Å²) in [5.41, 5.74) is 1.45. The fourth-order valence-electron chi connectivity index (χ4n) is 1.74. The standard InChI is InChI=1S/C15H12BrNO4/c1-21-15-9-14(18)11(8-13(15)16)5-2-10-3-6-12(7-4-10)17(19)20/h2-9,18H,1H3/b5-2+. The van der Waals surface area contributed by atoms with E-state index in [9.17, 15) is 15.2 Å². The number of rotatable bonds is 4. The third-order valence-corrected chi connectivity index (χ3v) is 3.48. The molecule has 0 heterocycles. The van der Waals surface area contributed by atoms with Gasteiger partial charge in [0.1, 0.15) is 11.5 Å². The molecule has 0 amide bonds. The molecule has 0 aromatic heterocycles. The van der Waals surface area contributed by atoms with Gasteiger partial charge >= 0.3 is 0 Å². The number of nitro benzene ring substituents is 1. The number of hydrogen-bond donors (Lipinski definition) is 1. The topological polar surface area (TPSA) is 72.6 Å². The number of benzene rings is 2. The van der Waals surface area contributed by atoms with Crippen LogP contribution >= 0.6 is 15.9 Å². The molecule has 21 heavy (non-hydrogen) atoms. The lowest BCUT2D eigenvalue weighted by Gasteiger charge is -2.06. The Morgan fingerprint density at radius 2 is 1.90 bits per heavy atom. The molecule has 0 aliphatic carbocycles. The molecule has 108 valence electrons. The Balaban J connectivity index is 2.25. The largest absolute Gasteiger partial charge is 0.507 e. The number of non-ortho nitro benzene ring substituents is 1. The summed E-state index contributed by atoms with van der Waals surface area (Å²) in [5.74, 6) is 0.633. The average Bonchev–Trinajstić information content (AvgIpc) is 2.48. The van der Waals surface area contributed by atoms with Crippen LogP contribution < -0.4 is 4.74 Å². The molecule has 0 saturated heterocycles. The molecule has 0 unspecified atom stereocenters. The first kappa shape index (κ1) is 15.1. The lowest BCUT2D eigenvalue weighted by molar-refractivity contribution is -0.384. The highest BCUT2D eigenvalue weighted by Crippen LogP contribution is 2.33. The molecule has 0 aliphatic heterocycles. The van der Waals surface area contributed by atoms with Gasteiger partial charge in [-0.1, -0.05) is 12.2 Å². The Bertz CT molecular complexity index is 696. The van der Waals surface area contributed by atoms with Crippen LogP contribution in [0.4, 0.5) is 5.69 Å². The van der Waals surface area contributed by atoms with Gasteiger partial charge in [0.25, 0.3) is 5.69 Å². The van der Waals surface area contributed by atoms with E-state index in [2.05, 4.69) is 15.9 Å². The van der Waals surface area contributed by atoms with E-state index >= 15 is 0 Å². The van der Waals surface area contributed by atoms with Gasteiger partial charge in [-0.3, -0.25) is 10.1 Å². The van der Waals surface area contributed by atoms with Crippen molar-refractivity contribution in [2.45, 2.75) is 0 Å². The third-order valence-electron chi connectivity index (χ3n) is 2.86. The second kappa shape index (κ2) is 6.41. The van der Waals surface area contributed by atoms with E-state index in [1.54, 1.807) is 30.4 Å². The zero-order valence-corrected chi connectivity index (χ0v) is 12.7. The van der Waals surface area contributed by atoms with E-state index in [-0.39, 0.29) is 11.4 Å². The van der Waals surface area contributed by atoms with Crippen LogP contribution in [0.2, 0.25) is 0 Å². The molecule has 2 aromatic rings. The zero-order valence-electron chi connectivity index (χ0n) is 11.1. The van der Waals surface area contributed by atoms with Crippen LogP contribution in [0.1, 0.15) is 11.1 Å². The summed E-state index contributed by atoms with van der Waals surface area (Å²) in [6.07, 6.45) is 3.48. The average molecular weight is 350 g/mol. The smallest absolute Gasteiger partial charge is 0.269 e. The number of aromatic hydroxyl groups is 1. The minimum absolute atomic E-state index is 0.0437. The fourth-order valence-corrected chi connectivity index (χ4v) is 2.26. The van der Waals surface area contributed by atoms with Crippen LogP contribution in [0.25, 0.3) is 12.2 Å². The highest BCUT2D eigenvalue weighted by Gasteiger charge is 2.06. The van der Waals surface area contributed by atoms with Gasteiger partial charge in [-0.15, -0.1) is 0 Å². The van der Waals surface area contributed by atoms with Crippen molar-refractivity contribution in [2.75, 3.05) is 7.11 Å². The van der Waals surface area contributed by atoms with Crippen molar-refractivity contribution in [2.24, 2.45) is 0 Å². The van der Waals surface area contributed by atoms with Crippen molar-refractivity contribution < 1.29 is 14.8 Å². The molecule has 1 N–H and O–H groups in total. The number of hydrogen-bond acceptors (Lipinski definition) is 4. The molecule has 5 nitrogen and oxygen atoms in total. The van der Waals surface area contributed by atoms with E-state index in [4.69, 9.17) is 4.74 Å². The van der Waals surface area contributed by atoms with Crippen LogP contribution in [0, 0.1) is 10.1 Å². The van der Waals surface area contributed by atoms with Crippen molar-refractivity contribution in [3.8, 4) is 11.5 Å². The van der Waals surface area contributed by atoms with Gasteiger partial charge < -0.3 is 9.84 Å². The summed E-state index contributed by atoms with van der Waals surface area (Å²) in [4.78, 5) is 10.1. The highest BCUT2D eigenvalue weighted by atomic mass is 79.9. The van der Waals surface area contributed by atoms with Gasteiger partial charge in [0.15, 0.2) is 0 Å². The molecule has 0 aliphatic rings. The van der Waals surface area contributed by atoms with Crippen molar-refractivity contribution in [3.63, 3.8) is 0 Å². The van der Waals surface area contributed by atoms with Gasteiger partial charge in [-0.05, 0) is 39.7 Å². The number of nitro groups is 1. The summed E-state index contributed by atoms with van der Waals surface area (Å²) in [7, 11) is 1.52. The Morgan fingerprint density at radius 1 is 1.24 bits per heavy atom. The van der Waals surface area contributed by atoms with Crippen molar-refractivity contribution >= 4 is 33.8 Å². The van der Waals surface area contributed by atoms with E-state index in [1.165, 1.54) is 25.3 Å². The summed E-state index contributed by atoms with van der Waals surface area (Å²) in [5, 5.41) is 20.5. The molecule has 2 aromatic carbocycles. The number of phenolic OH excluding ortho intramolecular Hbond substituents is 1. The van der Waals surface area contributed by atoms with Gasteiger partial charge in [-0.2, -0.15) is 0 Å². The molecule has 2 rings (SSSR count). The molecule has 6 heteroatoms. The first-order valence-corrected chi connectivity index (χ1v) is 6.79. The van der Waals surface area contributed by atoms with E-state index in [0.29, 0.717) is 11.3 Å². The Hall–Kier alpha value is -2.34. The van der Waals surface area contributed by atoms with Crippen LogP contribution in [0.15, 0.2) is 40.9 Å². The number of methoxy groups -OCH3 is 1. The monoisotopic (exact) mass is 349 g/mol. The quantitative estimate of drug-likeness (QED) is 0.509. The molecule has 0 bridgehead atoms. The van der Waals surface area contributed by atoms with Gasteiger partial charge in [0, 0.05) is 23.8 Å².